The van der Waals surface area contributed by atoms with E-state index in [-0.39, 0.29) is 6.42 Å². The van der Waals surface area contributed by atoms with Crippen LogP contribution in [0.2, 0.25) is 10.0 Å². The first-order valence-electron chi connectivity index (χ1n) is 5.57. The lowest BCUT2D eigenvalue weighted by molar-refractivity contribution is -0.119. The Bertz CT molecular complexity index is 491. The van der Waals surface area contributed by atoms with Crippen LogP contribution >= 0.6 is 46.4 Å². The maximum atomic E-state index is 11.6. The maximum Gasteiger partial charge on any atom is 0.286 e. The molecule has 0 radical (unpaired) electrons. The van der Waals surface area contributed by atoms with Crippen LogP contribution in [-0.2, 0) is 4.79 Å². The van der Waals surface area contributed by atoms with Crippen LogP contribution in [0.15, 0.2) is 22.4 Å². The van der Waals surface area contributed by atoms with E-state index in [4.69, 9.17) is 46.4 Å². The van der Waals surface area contributed by atoms with Crippen LogP contribution in [0.3, 0.4) is 0 Å². The van der Waals surface area contributed by atoms with E-state index in [9.17, 15) is 4.79 Å². The number of azo groups is 1. The summed E-state index contributed by atoms with van der Waals surface area (Å²) in [6.45, 7) is 3.61. The van der Waals surface area contributed by atoms with E-state index in [2.05, 4.69) is 10.2 Å². The quantitative estimate of drug-likeness (QED) is 0.374. The van der Waals surface area contributed by atoms with Gasteiger partial charge in [-0.05, 0) is 31.0 Å². The van der Waals surface area contributed by atoms with Crippen molar-refractivity contribution in [3.63, 3.8) is 0 Å². The topological polar surface area (TPSA) is 41.8 Å². The Hall–Kier alpha value is -0.350. The van der Waals surface area contributed by atoms with Crippen LogP contribution < -0.4 is 0 Å². The van der Waals surface area contributed by atoms with Crippen molar-refractivity contribution in [2.45, 2.75) is 31.1 Å². The van der Waals surface area contributed by atoms with Gasteiger partial charge < -0.3 is 0 Å². The minimum Gasteiger partial charge on any atom is -0.294 e. The smallest absolute Gasteiger partial charge is 0.286 e. The zero-order chi connectivity index (χ0) is 14.6. The predicted octanol–water partition coefficient (Wildman–Crippen LogP) is 5.89. The van der Waals surface area contributed by atoms with E-state index in [1.807, 2.05) is 6.92 Å². The van der Waals surface area contributed by atoms with Gasteiger partial charge in [0.05, 0.1) is 5.02 Å². The van der Waals surface area contributed by atoms with Gasteiger partial charge in [0.15, 0.2) is 5.78 Å². The molecule has 0 heterocycles. The Morgan fingerprint density at radius 1 is 1.32 bits per heavy atom. The number of halogens is 4. The summed E-state index contributed by atoms with van der Waals surface area (Å²) < 4.78 is -1.88. The Morgan fingerprint density at radius 3 is 2.47 bits per heavy atom. The highest BCUT2D eigenvalue weighted by atomic mass is 35.5. The van der Waals surface area contributed by atoms with Crippen molar-refractivity contribution in [3.8, 4) is 0 Å². The lowest BCUT2D eigenvalue weighted by Crippen LogP contribution is -2.22. The number of benzene rings is 1. The number of rotatable bonds is 5. The molecule has 0 N–H and O–H groups in total. The molecule has 1 rings (SSSR count). The lowest BCUT2D eigenvalue weighted by Gasteiger charge is -2.11. The summed E-state index contributed by atoms with van der Waals surface area (Å²) in [5.41, 5.74) is 1.11. The molecule has 0 saturated carbocycles. The molecule has 0 aromatic heterocycles. The first-order chi connectivity index (χ1) is 8.77. The number of carbonyl (C=O) groups is 1. The first kappa shape index (κ1) is 16.7. The number of ketones is 1. The number of aryl methyl sites for hydroxylation is 1. The van der Waals surface area contributed by atoms with Gasteiger partial charge in [-0.25, -0.2) is 0 Å². The van der Waals surface area contributed by atoms with Crippen molar-refractivity contribution in [2.75, 3.05) is 0 Å². The monoisotopic (exact) mass is 340 g/mol. The Labute approximate surface area is 131 Å². The molecule has 0 bridgehead atoms. The highest BCUT2D eigenvalue weighted by Gasteiger charge is 2.32. The molecule has 3 nitrogen and oxygen atoms in total. The average Bonchev–Trinajstić information content (AvgIpc) is 2.27. The first-order valence-corrected chi connectivity index (χ1v) is 7.08. The summed E-state index contributed by atoms with van der Waals surface area (Å²) in [6, 6.07) is 3.21. The van der Waals surface area contributed by atoms with E-state index in [1.165, 1.54) is 6.07 Å². The number of alkyl halides is 2. The van der Waals surface area contributed by atoms with Gasteiger partial charge in [-0.2, -0.15) is 5.11 Å². The Morgan fingerprint density at radius 2 is 1.95 bits per heavy atom. The molecular formula is C12H12Cl4N2O. The van der Waals surface area contributed by atoms with Gasteiger partial charge in [-0.3, -0.25) is 4.79 Å². The van der Waals surface area contributed by atoms with Crippen molar-refractivity contribution in [3.05, 3.63) is 27.7 Å². The van der Waals surface area contributed by atoms with Gasteiger partial charge in [-0.15, -0.1) is 5.11 Å². The zero-order valence-corrected chi connectivity index (χ0v) is 13.4. The molecule has 19 heavy (non-hydrogen) atoms. The van der Waals surface area contributed by atoms with Gasteiger partial charge in [0.2, 0.25) is 0 Å². The fraction of sp³-hybridized carbons (Fsp3) is 0.417. The molecule has 1 aromatic carbocycles. The minimum absolute atomic E-state index is 0.235. The van der Waals surface area contributed by atoms with Crippen LogP contribution in [0, 0.1) is 6.92 Å². The molecule has 0 saturated heterocycles. The summed E-state index contributed by atoms with van der Waals surface area (Å²) >= 11 is 23.5. The van der Waals surface area contributed by atoms with Crippen LogP contribution in [0.1, 0.15) is 25.3 Å². The van der Waals surface area contributed by atoms with Gasteiger partial charge in [0.1, 0.15) is 5.69 Å². The molecule has 7 heteroatoms. The summed E-state index contributed by atoms with van der Waals surface area (Å²) in [7, 11) is 0. The summed E-state index contributed by atoms with van der Waals surface area (Å²) in [5, 5.41) is 8.36. The van der Waals surface area contributed by atoms with Crippen LogP contribution in [-0.4, -0.2) is 10.2 Å². The van der Waals surface area contributed by atoms with Gasteiger partial charge in [0.25, 0.3) is 4.46 Å². The molecule has 0 aliphatic carbocycles. The third kappa shape index (κ3) is 4.60. The average molecular weight is 342 g/mol. The lowest BCUT2D eigenvalue weighted by atomic mass is 10.2. The second-order valence-electron chi connectivity index (χ2n) is 3.97. The van der Waals surface area contributed by atoms with Crippen molar-refractivity contribution in [1.29, 1.82) is 0 Å². The van der Waals surface area contributed by atoms with Crippen LogP contribution in [0.25, 0.3) is 0 Å². The maximum absolute atomic E-state index is 11.6. The van der Waals surface area contributed by atoms with Crippen LogP contribution in [0.5, 0.6) is 0 Å². The highest BCUT2D eigenvalue weighted by molar-refractivity contribution is 6.58. The second kappa shape index (κ2) is 6.89. The van der Waals surface area contributed by atoms with E-state index in [1.54, 1.807) is 13.0 Å². The Kier molecular flexibility index (Phi) is 6.06. The van der Waals surface area contributed by atoms with Gasteiger partial charge >= 0.3 is 0 Å². The molecule has 0 amide bonds. The predicted molar refractivity (Wildman–Crippen MR) is 80.1 cm³/mol. The van der Waals surface area contributed by atoms with Gasteiger partial charge in [0, 0.05) is 11.4 Å². The molecule has 0 aliphatic rings. The normalized spacial score (nSPS) is 12.1. The number of carbonyl (C=O) groups excluding carboxylic acids is 1. The van der Waals surface area contributed by atoms with E-state index < -0.39 is 10.2 Å². The van der Waals surface area contributed by atoms with Gasteiger partial charge in [-0.1, -0.05) is 53.3 Å². The third-order valence-electron chi connectivity index (χ3n) is 2.31. The van der Waals surface area contributed by atoms with Crippen molar-refractivity contribution in [2.24, 2.45) is 10.2 Å². The minimum atomic E-state index is -1.88. The van der Waals surface area contributed by atoms with E-state index in [0.29, 0.717) is 27.7 Å². The molecule has 104 valence electrons. The number of nitrogens with zero attached hydrogens (tertiary/aromatic N) is 2. The fourth-order valence-electron chi connectivity index (χ4n) is 1.37. The SMILES string of the molecule is CCCC(=O)C(Cl)(Cl)N=Nc1c(C)cc(Cl)cc1Cl. The summed E-state index contributed by atoms with van der Waals surface area (Å²) in [6.07, 6.45) is 0.871. The van der Waals surface area contributed by atoms with Crippen molar-refractivity contribution >= 4 is 57.9 Å². The molecule has 0 unspecified atom stereocenters. The molecule has 1 aromatic rings. The molecule has 0 spiro atoms. The Balaban J connectivity index is 3.02. The van der Waals surface area contributed by atoms with E-state index in [0.717, 1.165) is 0 Å². The molecule has 0 fully saturated rings. The number of hydrogen-bond acceptors (Lipinski definition) is 3. The summed E-state index contributed by atoms with van der Waals surface area (Å²) in [4.78, 5) is 11.6. The third-order valence-corrected chi connectivity index (χ3v) is 3.39. The zero-order valence-electron chi connectivity index (χ0n) is 10.4. The molecule has 0 aliphatic heterocycles. The largest absolute Gasteiger partial charge is 0.294 e. The van der Waals surface area contributed by atoms with Crippen molar-refractivity contribution in [1.82, 2.24) is 0 Å². The number of Topliss-reactive ketones (excluding diaryl/α,β-unsaturated/α-hetero) is 1. The standard InChI is InChI=1S/C12H12Cl4N2O/c1-3-4-10(19)12(15,16)18-17-11-7(2)5-8(13)6-9(11)14/h5-6H,3-4H2,1-2H3. The fourth-order valence-corrected chi connectivity index (χ4v) is 2.26. The van der Waals surface area contributed by atoms with E-state index >= 15 is 0 Å². The highest BCUT2D eigenvalue weighted by Crippen LogP contribution is 2.35. The van der Waals surface area contributed by atoms with Crippen molar-refractivity contribution < 1.29 is 4.79 Å². The molecular weight excluding hydrogens is 330 g/mol. The second-order valence-corrected chi connectivity index (χ2v) is 6.10. The molecule has 0 atom stereocenters. The summed E-state index contributed by atoms with van der Waals surface area (Å²) in [5.74, 6) is -0.398. The number of hydrogen-bond donors (Lipinski definition) is 0. The van der Waals surface area contributed by atoms with Crippen LogP contribution in [0.4, 0.5) is 5.69 Å².